The van der Waals surface area contributed by atoms with Crippen molar-refractivity contribution in [1.82, 2.24) is 29.7 Å². The zero-order chi connectivity index (χ0) is 26.5. The van der Waals surface area contributed by atoms with Gasteiger partial charge in [0.05, 0.1) is 11.6 Å². The number of piperazine rings is 1. The molecule has 1 aliphatic heterocycles. The van der Waals surface area contributed by atoms with E-state index in [4.69, 9.17) is 26.1 Å². The molecule has 1 N–H and O–H groups in total. The maximum Gasteiger partial charge on any atom is 0.245 e. The van der Waals surface area contributed by atoms with Gasteiger partial charge in [0.2, 0.25) is 5.88 Å². The molecule has 3 fully saturated rings. The molecule has 0 bridgehead atoms. The highest BCUT2D eigenvalue weighted by Crippen LogP contribution is 2.43. The third kappa shape index (κ3) is 4.97. The van der Waals surface area contributed by atoms with Crippen molar-refractivity contribution in [3.8, 4) is 23.0 Å². The SMILES string of the molecule is CC1(Oc2ncnc3c2nc(-c2ccc(OCCN4CCNCC45CC5)cc2Cl)n3Cc2ccccc2)CC1. The summed E-state index contributed by atoms with van der Waals surface area (Å²) in [6.07, 6.45) is 6.14. The monoisotopic (exact) mass is 544 g/mol. The summed E-state index contributed by atoms with van der Waals surface area (Å²) in [6.45, 7) is 7.48. The summed E-state index contributed by atoms with van der Waals surface area (Å²) < 4.78 is 14.5. The Balaban J connectivity index is 1.17. The van der Waals surface area contributed by atoms with Gasteiger partial charge < -0.3 is 19.4 Å². The Morgan fingerprint density at radius 3 is 2.67 bits per heavy atom. The topological polar surface area (TPSA) is 77.3 Å². The maximum atomic E-state index is 6.89. The van der Waals surface area contributed by atoms with Crippen LogP contribution < -0.4 is 14.8 Å². The number of ether oxygens (including phenoxy) is 2. The first-order valence-electron chi connectivity index (χ1n) is 13.8. The molecule has 1 saturated heterocycles. The average Bonchev–Trinajstić information content (AvgIpc) is 3.85. The number of rotatable bonds is 9. The van der Waals surface area contributed by atoms with E-state index in [9.17, 15) is 0 Å². The summed E-state index contributed by atoms with van der Waals surface area (Å²) >= 11 is 6.89. The summed E-state index contributed by atoms with van der Waals surface area (Å²) in [5.74, 6) is 2.01. The second-order valence-electron chi connectivity index (χ2n) is 11.3. The van der Waals surface area contributed by atoms with Gasteiger partial charge in [-0.2, -0.15) is 4.98 Å². The molecule has 9 heteroatoms. The quantitative estimate of drug-likeness (QED) is 0.320. The summed E-state index contributed by atoms with van der Waals surface area (Å²) in [5.41, 5.74) is 3.53. The van der Waals surface area contributed by atoms with E-state index in [0.29, 0.717) is 35.1 Å². The zero-order valence-corrected chi connectivity index (χ0v) is 23.0. The normalized spacial score (nSPS) is 19.3. The zero-order valence-electron chi connectivity index (χ0n) is 22.2. The molecule has 0 unspecified atom stereocenters. The van der Waals surface area contributed by atoms with Gasteiger partial charge in [-0.25, -0.2) is 9.97 Å². The van der Waals surface area contributed by atoms with E-state index >= 15 is 0 Å². The van der Waals surface area contributed by atoms with E-state index in [1.54, 1.807) is 6.33 Å². The maximum absolute atomic E-state index is 6.89. The van der Waals surface area contributed by atoms with E-state index in [1.165, 1.54) is 12.8 Å². The standard InChI is InChI=1S/C30H33ClN6O2/c1-29(9-10-29)39-28-25-27(33-20-34-28)37(18-21-5-3-2-4-6-21)26(35-25)23-8-7-22(17-24(23)31)38-16-15-36-14-13-32-19-30(36)11-12-30/h2-8,17,20,32H,9-16,18-19H2,1H3. The molecule has 3 heterocycles. The lowest BCUT2D eigenvalue weighted by molar-refractivity contribution is 0.118. The second kappa shape index (κ2) is 9.77. The molecule has 0 radical (unpaired) electrons. The van der Waals surface area contributed by atoms with Crippen LogP contribution in [0.3, 0.4) is 0 Å². The number of nitrogens with one attached hydrogen (secondary N) is 1. The van der Waals surface area contributed by atoms with Crippen molar-refractivity contribution in [3.05, 3.63) is 65.4 Å². The Labute approximate surface area is 233 Å². The Hall–Kier alpha value is -3.20. The van der Waals surface area contributed by atoms with Gasteiger partial charge in [0.25, 0.3) is 0 Å². The summed E-state index contributed by atoms with van der Waals surface area (Å²) in [4.78, 5) is 16.6. The number of aromatic nitrogens is 4. The Morgan fingerprint density at radius 1 is 1.05 bits per heavy atom. The minimum absolute atomic E-state index is 0.175. The minimum atomic E-state index is -0.175. The van der Waals surface area contributed by atoms with Gasteiger partial charge in [-0.1, -0.05) is 41.9 Å². The molecule has 3 aliphatic rings. The average molecular weight is 545 g/mol. The van der Waals surface area contributed by atoms with Crippen molar-refractivity contribution in [1.29, 1.82) is 0 Å². The van der Waals surface area contributed by atoms with Gasteiger partial charge in [-0.3, -0.25) is 4.90 Å². The molecule has 202 valence electrons. The lowest BCUT2D eigenvalue weighted by Gasteiger charge is -2.36. The molecular formula is C30H33ClN6O2. The number of fused-ring (bicyclic) bond motifs is 1. The molecule has 39 heavy (non-hydrogen) atoms. The highest BCUT2D eigenvalue weighted by molar-refractivity contribution is 6.33. The number of hydrogen-bond acceptors (Lipinski definition) is 7. The van der Waals surface area contributed by atoms with Gasteiger partial charge >= 0.3 is 0 Å². The molecule has 2 aromatic heterocycles. The molecule has 0 atom stereocenters. The summed E-state index contributed by atoms with van der Waals surface area (Å²) in [5, 5.41) is 4.11. The van der Waals surface area contributed by atoms with Crippen molar-refractivity contribution in [2.75, 3.05) is 32.8 Å². The van der Waals surface area contributed by atoms with E-state index < -0.39 is 0 Å². The van der Waals surface area contributed by atoms with Crippen LogP contribution in [0.15, 0.2) is 54.9 Å². The fraction of sp³-hybridized carbons (Fsp3) is 0.433. The number of hydrogen-bond donors (Lipinski definition) is 1. The van der Waals surface area contributed by atoms with Crippen LogP contribution in [0.5, 0.6) is 11.6 Å². The Morgan fingerprint density at radius 2 is 1.90 bits per heavy atom. The number of imidazole rings is 1. The first-order chi connectivity index (χ1) is 19.0. The highest BCUT2D eigenvalue weighted by atomic mass is 35.5. The van der Waals surface area contributed by atoms with Crippen LogP contribution in [0.4, 0.5) is 0 Å². The smallest absolute Gasteiger partial charge is 0.245 e. The number of benzene rings is 2. The molecule has 2 aliphatic carbocycles. The van der Waals surface area contributed by atoms with Gasteiger partial charge in [-0.15, -0.1) is 0 Å². The van der Waals surface area contributed by atoms with Crippen molar-refractivity contribution in [2.45, 2.75) is 50.3 Å². The molecular weight excluding hydrogens is 512 g/mol. The van der Waals surface area contributed by atoms with Gasteiger partial charge in [0.15, 0.2) is 11.2 Å². The van der Waals surface area contributed by atoms with E-state index in [2.05, 4.69) is 43.8 Å². The fourth-order valence-electron chi connectivity index (χ4n) is 5.53. The summed E-state index contributed by atoms with van der Waals surface area (Å²) in [6, 6.07) is 16.2. The van der Waals surface area contributed by atoms with E-state index in [1.807, 2.05) is 36.4 Å². The van der Waals surface area contributed by atoms with Crippen LogP contribution >= 0.6 is 11.6 Å². The van der Waals surface area contributed by atoms with E-state index in [-0.39, 0.29) is 5.60 Å². The molecule has 1 spiro atoms. The van der Waals surface area contributed by atoms with Crippen LogP contribution in [0.2, 0.25) is 5.02 Å². The van der Waals surface area contributed by atoms with Crippen molar-refractivity contribution < 1.29 is 9.47 Å². The second-order valence-corrected chi connectivity index (χ2v) is 11.7. The van der Waals surface area contributed by atoms with Crippen LogP contribution in [0.1, 0.15) is 38.2 Å². The summed E-state index contributed by atoms with van der Waals surface area (Å²) in [7, 11) is 0. The molecule has 0 amide bonds. The van der Waals surface area contributed by atoms with Crippen molar-refractivity contribution in [2.24, 2.45) is 0 Å². The van der Waals surface area contributed by atoms with Gasteiger partial charge in [0, 0.05) is 37.3 Å². The first-order valence-corrected chi connectivity index (χ1v) is 14.2. The molecule has 2 saturated carbocycles. The first kappa shape index (κ1) is 24.8. The minimum Gasteiger partial charge on any atom is -0.492 e. The van der Waals surface area contributed by atoms with Crippen molar-refractivity contribution in [3.63, 3.8) is 0 Å². The van der Waals surface area contributed by atoms with Crippen LogP contribution in [0.25, 0.3) is 22.6 Å². The van der Waals surface area contributed by atoms with E-state index in [0.717, 1.165) is 67.4 Å². The Kier molecular flexibility index (Phi) is 6.21. The van der Waals surface area contributed by atoms with Crippen molar-refractivity contribution >= 4 is 22.8 Å². The Bertz CT molecular complexity index is 1500. The third-order valence-corrected chi connectivity index (χ3v) is 8.61. The predicted octanol–water partition coefficient (Wildman–Crippen LogP) is 4.94. The van der Waals surface area contributed by atoms with Gasteiger partial charge in [-0.05, 0) is 56.4 Å². The lowest BCUT2D eigenvalue weighted by Crippen LogP contribution is -2.54. The fourth-order valence-corrected chi connectivity index (χ4v) is 5.79. The molecule has 8 nitrogen and oxygen atoms in total. The molecule has 7 rings (SSSR count). The predicted molar refractivity (Wildman–Crippen MR) is 151 cm³/mol. The van der Waals surface area contributed by atoms with Crippen LogP contribution in [-0.2, 0) is 6.54 Å². The van der Waals surface area contributed by atoms with Gasteiger partial charge in [0.1, 0.15) is 30.1 Å². The molecule has 2 aromatic carbocycles. The number of halogens is 1. The van der Waals surface area contributed by atoms with Crippen LogP contribution in [-0.4, -0.2) is 68.3 Å². The third-order valence-electron chi connectivity index (χ3n) is 8.30. The van der Waals surface area contributed by atoms with Crippen LogP contribution in [0, 0.1) is 0 Å². The highest BCUT2D eigenvalue weighted by Gasteiger charge is 2.48. The lowest BCUT2D eigenvalue weighted by atomic mass is 10.1. The number of nitrogens with zero attached hydrogens (tertiary/aromatic N) is 5. The molecule has 4 aromatic rings. The largest absolute Gasteiger partial charge is 0.492 e.